The number of carbonyl (C=O) groups excluding carboxylic acids is 1. The second kappa shape index (κ2) is 11.8. The summed E-state index contributed by atoms with van der Waals surface area (Å²) in [7, 11) is 0. The van der Waals surface area contributed by atoms with Crippen LogP contribution in [0.15, 0.2) is 18.2 Å². The summed E-state index contributed by atoms with van der Waals surface area (Å²) in [5.74, 6) is -0.761. The lowest BCUT2D eigenvalue weighted by atomic mass is 9.95. The quantitative estimate of drug-likeness (QED) is 0.223. The van der Waals surface area contributed by atoms with Crippen molar-refractivity contribution in [1.29, 1.82) is 5.26 Å². The number of nitrogens with one attached hydrogen (secondary N) is 1. The molecule has 3 N–H and O–H groups in total. The molecule has 4 aromatic rings. The SMILES string of the molecule is N#Cc1c(N)sc2c(F)ccc(-c3c(Cl)cc4c(O[C@H]5CCN(C(=O)[C@@H]6N[C@H]6C6CC6)C5)nc(OC[C@@]56CCCN5C[C@H](F)C6)nc4c3F)c12. The summed E-state index contributed by atoms with van der Waals surface area (Å²) >= 11 is 7.70. The van der Waals surface area contributed by atoms with Gasteiger partial charge in [0.1, 0.15) is 47.3 Å². The number of amides is 1. The van der Waals surface area contributed by atoms with E-state index in [4.69, 9.17) is 26.8 Å². The predicted octanol–water partition coefficient (Wildman–Crippen LogP) is 5.58. The average Bonchev–Trinajstić information content (AvgIpc) is 3.93. The molecule has 1 saturated carbocycles. The van der Waals surface area contributed by atoms with Gasteiger partial charge < -0.3 is 20.1 Å². The van der Waals surface area contributed by atoms with Crippen LogP contribution in [0.25, 0.3) is 32.1 Å². The number of nitrogens with two attached hydrogens (primary N) is 1. The third kappa shape index (κ3) is 5.23. The van der Waals surface area contributed by atoms with Crippen molar-refractivity contribution in [2.24, 2.45) is 5.92 Å². The molecule has 10 nitrogen and oxygen atoms in total. The number of anilines is 1. The fraction of sp³-hybridized carbons (Fsp3) is 0.486. The number of thiophene rings is 1. The van der Waals surface area contributed by atoms with Gasteiger partial charge >= 0.3 is 6.01 Å². The summed E-state index contributed by atoms with van der Waals surface area (Å²) in [6.07, 6.45) is 3.45. The van der Waals surface area contributed by atoms with Crippen LogP contribution in [-0.2, 0) is 4.79 Å². The van der Waals surface area contributed by atoms with Crippen molar-refractivity contribution in [3.05, 3.63) is 40.4 Å². The van der Waals surface area contributed by atoms with Crippen LogP contribution in [0.4, 0.5) is 18.2 Å². The molecular weight excluding hydrogens is 691 g/mol. The van der Waals surface area contributed by atoms with E-state index in [2.05, 4.69) is 20.2 Å². The van der Waals surface area contributed by atoms with Crippen LogP contribution in [-0.4, -0.2) is 88.4 Å². The van der Waals surface area contributed by atoms with Gasteiger partial charge in [-0.1, -0.05) is 17.7 Å². The number of ether oxygens (including phenoxy) is 2. The molecule has 0 bridgehead atoms. The molecule has 15 heteroatoms. The van der Waals surface area contributed by atoms with Gasteiger partial charge in [0.25, 0.3) is 0 Å². The molecule has 9 rings (SSSR count). The highest BCUT2D eigenvalue weighted by atomic mass is 35.5. The first-order valence-corrected chi connectivity index (χ1v) is 18.2. The molecule has 5 fully saturated rings. The van der Waals surface area contributed by atoms with E-state index >= 15 is 4.39 Å². The fourth-order valence-electron chi connectivity index (χ4n) is 8.33. The number of carbonyl (C=O) groups is 1. The summed E-state index contributed by atoms with van der Waals surface area (Å²) in [6, 6.07) is 6.00. The lowest BCUT2D eigenvalue weighted by Crippen LogP contribution is -2.43. The van der Waals surface area contributed by atoms with E-state index in [0.29, 0.717) is 38.4 Å². The molecule has 2 aromatic carbocycles. The van der Waals surface area contributed by atoms with Gasteiger partial charge in [0.05, 0.1) is 32.8 Å². The molecule has 0 spiro atoms. The second-order valence-electron chi connectivity index (χ2n) is 14.2. The highest BCUT2D eigenvalue weighted by Gasteiger charge is 2.53. The van der Waals surface area contributed by atoms with Crippen LogP contribution in [0.5, 0.6) is 11.9 Å². The van der Waals surface area contributed by atoms with Crippen molar-refractivity contribution < 1.29 is 27.4 Å². The molecule has 6 heterocycles. The molecule has 4 saturated heterocycles. The first-order chi connectivity index (χ1) is 24.1. The standard InChI is InChI=1S/C35H33ClF3N7O3S/c36-22-10-20-28(26(39)25(22)19-4-5-23(38)30-24(19)21(12-40)31(41)50-30)43-34(48-15-35-7-1-8-46(35)13-17(37)11-35)44-32(20)49-18-6-9-45(14-18)33(47)29-27(42-29)16-2-3-16/h4-5,10,16-18,27,29,42H,1-3,6-9,11,13-15,41H2/t17-,18+,27+,29-,35+/m1/s1. The molecule has 0 radical (unpaired) electrons. The Hall–Kier alpha value is -3.90. The molecule has 2 aromatic heterocycles. The number of fused-ring (bicyclic) bond motifs is 3. The highest BCUT2D eigenvalue weighted by Crippen LogP contribution is 2.46. The van der Waals surface area contributed by atoms with Crippen LogP contribution in [0, 0.1) is 28.9 Å². The van der Waals surface area contributed by atoms with Gasteiger partial charge in [-0.15, -0.1) is 11.3 Å². The Labute approximate surface area is 294 Å². The van der Waals surface area contributed by atoms with E-state index < -0.39 is 29.4 Å². The van der Waals surface area contributed by atoms with Crippen molar-refractivity contribution in [2.75, 3.05) is 38.5 Å². The Balaban J connectivity index is 1.09. The maximum atomic E-state index is 16.9. The number of rotatable bonds is 8. The molecule has 5 atom stereocenters. The Kier molecular flexibility index (Phi) is 7.58. The number of nitrogen functional groups attached to an aromatic ring is 1. The smallest absolute Gasteiger partial charge is 0.320 e. The fourth-order valence-corrected chi connectivity index (χ4v) is 9.57. The minimum atomic E-state index is -0.965. The molecule has 0 unspecified atom stereocenters. The van der Waals surface area contributed by atoms with Crippen molar-refractivity contribution >= 4 is 54.8 Å². The van der Waals surface area contributed by atoms with E-state index in [1.165, 1.54) is 18.2 Å². The lowest BCUT2D eigenvalue weighted by Gasteiger charge is -2.30. The number of aromatic nitrogens is 2. The normalized spacial score (nSPS) is 27.6. The molecule has 4 aliphatic heterocycles. The Morgan fingerprint density at radius 2 is 2.06 bits per heavy atom. The lowest BCUT2D eigenvalue weighted by molar-refractivity contribution is -0.130. The minimum absolute atomic E-state index is 0.0269. The number of hydrogen-bond acceptors (Lipinski definition) is 10. The van der Waals surface area contributed by atoms with Crippen molar-refractivity contribution in [3.8, 4) is 29.1 Å². The Morgan fingerprint density at radius 3 is 2.86 bits per heavy atom. The van der Waals surface area contributed by atoms with Gasteiger partial charge in [-0.25, -0.2) is 13.2 Å². The van der Waals surface area contributed by atoms with E-state index in [0.717, 1.165) is 43.6 Å². The third-order valence-corrected chi connectivity index (χ3v) is 12.3. The summed E-state index contributed by atoms with van der Waals surface area (Å²) in [5, 5.41) is 13.6. The first-order valence-electron chi connectivity index (χ1n) is 17.0. The number of halogens is 4. The molecule has 1 aliphatic carbocycles. The number of alkyl halides is 1. The van der Waals surface area contributed by atoms with E-state index in [-0.39, 0.29) is 84.2 Å². The van der Waals surface area contributed by atoms with Gasteiger partial charge in [-0.2, -0.15) is 15.2 Å². The van der Waals surface area contributed by atoms with Gasteiger partial charge in [-0.05, 0) is 55.8 Å². The van der Waals surface area contributed by atoms with Crippen molar-refractivity contribution in [2.45, 2.75) is 68.4 Å². The van der Waals surface area contributed by atoms with Gasteiger partial charge in [0.2, 0.25) is 11.8 Å². The van der Waals surface area contributed by atoms with Crippen molar-refractivity contribution in [1.82, 2.24) is 25.1 Å². The summed E-state index contributed by atoms with van der Waals surface area (Å²) < 4.78 is 59.0. The minimum Gasteiger partial charge on any atom is -0.472 e. The second-order valence-corrected chi connectivity index (χ2v) is 15.7. The molecule has 1 amide bonds. The van der Waals surface area contributed by atoms with Crippen LogP contribution < -0.4 is 20.5 Å². The topological polar surface area (TPSA) is 140 Å². The zero-order valence-electron chi connectivity index (χ0n) is 26.9. The predicted molar refractivity (Wildman–Crippen MR) is 182 cm³/mol. The molecule has 5 aliphatic rings. The number of benzene rings is 2. The van der Waals surface area contributed by atoms with Gasteiger partial charge in [0, 0.05) is 42.9 Å². The molecular formula is C35H33ClF3N7O3S. The third-order valence-electron chi connectivity index (χ3n) is 11.0. The summed E-state index contributed by atoms with van der Waals surface area (Å²) in [6.45, 7) is 2.07. The van der Waals surface area contributed by atoms with Crippen molar-refractivity contribution in [3.63, 3.8) is 0 Å². The number of hydrogen-bond donors (Lipinski definition) is 2. The first kappa shape index (κ1) is 32.0. The number of nitrogens with zero attached hydrogens (tertiary/aromatic N) is 5. The molecule has 260 valence electrons. The maximum Gasteiger partial charge on any atom is 0.320 e. The maximum absolute atomic E-state index is 16.9. The van der Waals surface area contributed by atoms with Crippen LogP contribution >= 0.6 is 22.9 Å². The van der Waals surface area contributed by atoms with E-state index in [1.54, 1.807) is 4.90 Å². The highest BCUT2D eigenvalue weighted by molar-refractivity contribution is 7.23. The Morgan fingerprint density at radius 1 is 1.22 bits per heavy atom. The molecule has 50 heavy (non-hydrogen) atoms. The van der Waals surface area contributed by atoms with Crippen LogP contribution in [0.1, 0.15) is 44.1 Å². The van der Waals surface area contributed by atoms with Crippen LogP contribution in [0.3, 0.4) is 0 Å². The van der Waals surface area contributed by atoms with E-state index in [9.17, 15) is 18.8 Å². The van der Waals surface area contributed by atoms with Crippen LogP contribution in [0.2, 0.25) is 5.02 Å². The largest absolute Gasteiger partial charge is 0.472 e. The zero-order chi connectivity index (χ0) is 34.5. The Bertz CT molecular complexity index is 2130. The zero-order valence-corrected chi connectivity index (χ0v) is 28.4. The average molecular weight is 724 g/mol. The number of likely N-dealkylation sites (tertiary alicyclic amines) is 1. The van der Waals surface area contributed by atoms with Gasteiger partial charge in [-0.3, -0.25) is 15.0 Å². The van der Waals surface area contributed by atoms with Gasteiger partial charge in [0.15, 0.2) is 5.82 Å². The monoisotopic (exact) mass is 723 g/mol. The summed E-state index contributed by atoms with van der Waals surface area (Å²) in [4.78, 5) is 26.1. The summed E-state index contributed by atoms with van der Waals surface area (Å²) in [5.41, 5.74) is 5.52. The number of nitriles is 1. The van der Waals surface area contributed by atoms with E-state index in [1.807, 2.05) is 6.07 Å².